The molecule has 0 saturated heterocycles. The van der Waals surface area contributed by atoms with Gasteiger partial charge in [0, 0.05) is 65.2 Å². The van der Waals surface area contributed by atoms with Crippen molar-refractivity contribution in [3.05, 3.63) is 41.0 Å². The fourth-order valence-electron chi connectivity index (χ4n) is 3.91. The summed E-state index contributed by atoms with van der Waals surface area (Å²) in [7, 11) is 3.51. The Balaban J connectivity index is 0.00000385. The Morgan fingerprint density at radius 1 is 1.12 bits per heavy atom. The molecular formula is C24H39IN6O2. The van der Waals surface area contributed by atoms with Gasteiger partial charge in [-0.25, -0.2) is 0 Å². The van der Waals surface area contributed by atoms with Crippen molar-refractivity contribution in [3.63, 3.8) is 0 Å². The van der Waals surface area contributed by atoms with Crippen molar-refractivity contribution < 1.29 is 9.47 Å². The topological polar surface area (TPSA) is 85.6 Å². The van der Waals surface area contributed by atoms with E-state index in [1.54, 1.807) is 14.2 Å². The molecule has 0 atom stereocenters. The van der Waals surface area contributed by atoms with E-state index in [9.17, 15) is 0 Å². The van der Waals surface area contributed by atoms with Gasteiger partial charge >= 0.3 is 0 Å². The summed E-state index contributed by atoms with van der Waals surface area (Å²) >= 11 is 0. The number of rotatable bonds is 11. The van der Waals surface area contributed by atoms with Crippen LogP contribution in [0.1, 0.15) is 54.9 Å². The zero-order valence-corrected chi connectivity index (χ0v) is 22.6. The smallest absolute Gasteiger partial charge is 0.191 e. The van der Waals surface area contributed by atoms with E-state index in [1.165, 1.54) is 24.8 Å². The number of fused-ring (bicyclic) bond motifs is 1. The van der Waals surface area contributed by atoms with Crippen molar-refractivity contribution in [1.82, 2.24) is 25.4 Å². The SMILES string of the molecule is CN=C(NCCCc1nnc2n1CCCCC2)NCc1ccc(C)cc1OCCCOC.I. The van der Waals surface area contributed by atoms with Gasteiger partial charge in [0.2, 0.25) is 0 Å². The second-order valence-corrected chi connectivity index (χ2v) is 8.26. The molecular weight excluding hydrogens is 531 g/mol. The summed E-state index contributed by atoms with van der Waals surface area (Å²) in [5.74, 6) is 3.97. The third kappa shape index (κ3) is 8.77. The van der Waals surface area contributed by atoms with Gasteiger partial charge in [-0.15, -0.1) is 34.2 Å². The van der Waals surface area contributed by atoms with Crippen LogP contribution in [0.15, 0.2) is 23.2 Å². The van der Waals surface area contributed by atoms with E-state index in [4.69, 9.17) is 9.47 Å². The van der Waals surface area contributed by atoms with E-state index in [-0.39, 0.29) is 24.0 Å². The number of methoxy groups -OCH3 is 1. The van der Waals surface area contributed by atoms with E-state index in [1.807, 2.05) is 0 Å². The molecule has 2 heterocycles. The molecule has 3 rings (SSSR count). The second-order valence-electron chi connectivity index (χ2n) is 8.26. The number of nitrogens with zero attached hydrogens (tertiary/aromatic N) is 4. The van der Waals surface area contributed by atoms with Crippen molar-refractivity contribution in [3.8, 4) is 5.75 Å². The fourth-order valence-corrected chi connectivity index (χ4v) is 3.91. The first-order chi connectivity index (χ1) is 15.7. The molecule has 0 spiro atoms. The van der Waals surface area contributed by atoms with Crippen molar-refractivity contribution in [2.24, 2.45) is 4.99 Å². The van der Waals surface area contributed by atoms with Crippen molar-refractivity contribution in [2.75, 3.05) is 33.9 Å². The molecule has 0 amide bonds. The molecule has 2 aromatic rings. The van der Waals surface area contributed by atoms with Gasteiger partial charge in [-0.05, 0) is 37.8 Å². The van der Waals surface area contributed by atoms with Gasteiger partial charge in [0.1, 0.15) is 17.4 Å². The molecule has 8 nitrogen and oxygen atoms in total. The zero-order chi connectivity index (χ0) is 22.6. The van der Waals surface area contributed by atoms with Crippen LogP contribution in [0.4, 0.5) is 0 Å². The Morgan fingerprint density at radius 3 is 2.82 bits per heavy atom. The quantitative estimate of drug-likeness (QED) is 0.186. The summed E-state index contributed by atoms with van der Waals surface area (Å²) in [5.41, 5.74) is 2.30. The molecule has 0 saturated carbocycles. The van der Waals surface area contributed by atoms with Crippen LogP contribution in [0.5, 0.6) is 5.75 Å². The molecule has 33 heavy (non-hydrogen) atoms. The summed E-state index contributed by atoms with van der Waals surface area (Å²) in [6.45, 7) is 5.96. The first kappa shape index (κ1) is 27.4. The number of halogens is 1. The number of aryl methyl sites for hydroxylation is 3. The predicted octanol–water partition coefficient (Wildman–Crippen LogP) is 3.64. The molecule has 0 radical (unpaired) electrons. The Bertz CT molecular complexity index is 871. The lowest BCUT2D eigenvalue weighted by Gasteiger charge is -2.15. The molecule has 1 aliphatic heterocycles. The van der Waals surface area contributed by atoms with Gasteiger partial charge in [-0.3, -0.25) is 4.99 Å². The highest BCUT2D eigenvalue weighted by Gasteiger charge is 2.14. The van der Waals surface area contributed by atoms with Crippen molar-refractivity contribution in [2.45, 2.75) is 65.0 Å². The van der Waals surface area contributed by atoms with E-state index in [0.717, 1.165) is 67.7 Å². The Hall–Kier alpha value is -1.88. The highest BCUT2D eigenvalue weighted by atomic mass is 127. The maximum Gasteiger partial charge on any atom is 0.191 e. The minimum atomic E-state index is 0. The molecule has 1 aromatic heterocycles. The number of ether oxygens (including phenoxy) is 2. The molecule has 2 N–H and O–H groups in total. The molecule has 0 fully saturated rings. The maximum absolute atomic E-state index is 5.98. The highest BCUT2D eigenvalue weighted by molar-refractivity contribution is 14.0. The number of benzene rings is 1. The van der Waals surface area contributed by atoms with E-state index >= 15 is 0 Å². The van der Waals surface area contributed by atoms with Gasteiger partial charge in [-0.2, -0.15) is 0 Å². The summed E-state index contributed by atoms with van der Waals surface area (Å²) in [6, 6.07) is 6.30. The summed E-state index contributed by atoms with van der Waals surface area (Å²) < 4.78 is 13.4. The number of guanidine groups is 1. The first-order valence-corrected chi connectivity index (χ1v) is 11.8. The molecule has 9 heteroatoms. The van der Waals surface area contributed by atoms with Crippen LogP contribution in [0.2, 0.25) is 0 Å². The highest BCUT2D eigenvalue weighted by Crippen LogP contribution is 2.20. The monoisotopic (exact) mass is 570 g/mol. The van der Waals surface area contributed by atoms with Crippen LogP contribution >= 0.6 is 24.0 Å². The average Bonchev–Trinajstić information content (AvgIpc) is 3.02. The predicted molar refractivity (Wildman–Crippen MR) is 143 cm³/mol. The van der Waals surface area contributed by atoms with Crippen molar-refractivity contribution in [1.29, 1.82) is 0 Å². The van der Waals surface area contributed by atoms with Crippen LogP contribution in [0.3, 0.4) is 0 Å². The Morgan fingerprint density at radius 2 is 2.00 bits per heavy atom. The van der Waals surface area contributed by atoms with E-state index < -0.39 is 0 Å². The van der Waals surface area contributed by atoms with Crippen LogP contribution in [0.25, 0.3) is 0 Å². The standard InChI is InChI=1S/C24H38N6O2.HI/c1-19-11-12-20(21(17-19)32-16-8-15-31-3)18-27-24(25-2)26-13-7-10-23-29-28-22-9-5-4-6-14-30(22)23;/h11-12,17H,4-10,13-16,18H2,1-3H3,(H2,25,26,27);1H. The number of hydrogen-bond donors (Lipinski definition) is 2. The zero-order valence-electron chi connectivity index (χ0n) is 20.2. The minimum Gasteiger partial charge on any atom is -0.493 e. The molecule has 0 unspecified atom stereocenters. The van der Waals surface area contributed by atoms with Gasteiger partial charge in [0.15, 0.2) is 5.96 Å². The summed E-state index contributed by atoms with van der Waals surface area (Å²) in [4.78, 5) is 4.36. The van der Waals surface area contributed by atoms with Crippen LogP contribution in [-0.4, -0.2) is 54.6 Å². The first-order valence-electron chi connectivity index (χ1n) is 11.8. The average molecular weight is 571 g/mol. The normalized spacial score (nSPS) is 13.6. The van der Waals surface area contributed by atoms with Crippen LogP contribution in [-0.2, 0) is 30.7 Å². The van der Waals surface area contributed by atoms with Crippen LogP contribution in [0, 0.1) is 6.92 Å². The molecule has 184 valence electrons. The van der Waals surface area contributed by atoms with Gasteiger partial charge in [0.05, 0.1) is 6.61 Å². The Labute approximate surface area is 215 Å². The largest absolute Gasteiger partial charge is 0.493 e. The van der Waals surface area contributed by atoms with Gasteiger partial charge in [-0.1, -0.05) is 18.6 Å². The fraction of sp³-hybridized carbons (Fsp3) is 0.625. The number of nitrogens with one attached hydrogen (secondary N) is 2. The number of hydrogen-bond acceptors (Lipinski definition) is 5. The lowest BCUT2D eigenvalue weighted by molar-refractivity contribution is 0.171. The van der Waals surface area contributed by atoms with Crippen molar-refractivity contribution >= 4 is 29.9 Å². The third-order valence-corrected chi connectivity index (χ3v) is 5.70. The number of aliphatic imine (C=N–C) groups is 1. The Kier molecular flexibility index (Phi) is 12.5. The number of aromatic nitrogens is 3. The van der Waals surface area contributed by atoms with Gasteiger partial charge < -0.3 is 24.7 Å². The van der Waals surface area contributed by atoms with E-state index in [2.05, 4.69) is 55.5 Å². The second kappa shape index (κ2) is 15.1. The maximum atomic E-state index is 5.98. The molecule has 0 aliphatic carbocycles. The van der Waals surface area contributed by atoms with E-state index in [0.29, 0.717) is 19.8 Å². The third-order valence-electron chi connectivity index (χ3n) is 5.70. The molecule has 1 aliphatic rings. The van der Waals surface area contributed by atoms with Crippen LogP contribution < -0.4 is 15.4 Å². The lowest BCUT2D eigenvalue weighted by Crippen LogP contribution is -2.37. The summed E-state index contributed by atoms with van der Waals surface area (Å²) in [5, 5.41) is 15.6. The lowest BCUT2D eigenvalue weighted by atomic mass is 10.1. The van der Waals surface area contributed by atoms with Gasteiger partial charge in [0.25, 0.3) is 0 Å². The minimum absolute atomic E-state index is 0. The molecule has 1 aromatic carbocycles. The summed E-state index contributed by atoms with van der Waals surface area (Å²) in [6.07, 6.45) is 7.57. The molecule has 0 bridgehead atoms.